The Morgan fingerprint density at radius 2 is 1.24 bits per heavy atom. The number of unbranched alkanes of at least 4 members (excludes halogenated alkanes) is 10. The van der Waals surface area contributed by atoms with Gasteiger partial charge in [-0.05, 0) is 6.42 Å². The molecule has 5 heteroatoms. The summed E-state index contributed by atoms with van der Waals surface area (Å²) < 4.78 is 4.87. The van der Waals surface area contributed by atoms with Crippen molar-refractivity contribution in [2.45, 2.75) is 94.4 Å². The Morgan fingerprint density at radius 3 is 1.67 bits per heavy atom. The second kappa shape index (κ2) is 15.2. The van der Waals surface area contributed by atoms with E-state index in [4.69, 9.17) is 39.5 Å². The first-order valence-corrected chi connectivity index (χ1v) is 9.50. The quantitative estimate of drug-likeness (QED) is 0.198. The minimum atomic E-state index is -0.950. The van der Waals surface area contributed by atoms with E-state index in [2.05, 4.69) is 6.92 Å². The standard InChI is InChI=1S/C16H29Cl3O2/c1-2-3-4-5-6-7-8-9-10-11-12-13-14(20)21-16(19)15(17)18/h15-16H,2-13H2,1H3. The highest BCUT2D eigenvalue weighted by molar-refractivity contribution is 6.48. The van der Waals surface area contributed by atoms with Crippen LogP contribution in [-0.4, -0.2) is 16.4 Å². The number of ether oxygens (including phenoxy) is 1. The van der Waals surface area contributed by atoms with Crippen LogP contribution in [0.1, 0.15) is 84.0 Å². The van der Waals surface area contributed by atoms with Crippen molar-refractivity contribution in [3.8, 4) is 0 Å². The molecular formula is C16H29Cl3O2. The number of rotatable bonds is 14. The fourth-order valence-corrected chi connectivity index (χ4v) is 2.37. The van der Waals surface area contributed by atoms with Crippen LogP contribution in [0.15, 0.2) is 0 Å². The molecule has 0 heterocycles. The van der Waals surface area contributed by atoms with Crippen molar-refractivity contribution in [3.05, 3.63) is 0 Å². The summed E-state index contributed by atoms with van der Waals surface area (Å²) in [5.41, 5.74) is -0.950. The van der Waals surface area contributed by atoms with Crippen molar-refractivity contribution in [2.75, 3.05) is 0 Å². The van der Waals surface area contributed by atoms with Crippen LogP contribution >= 0.6 is 34.8 Å². The largest absolute Gasteiger partial charge is 0.443 e. The van der Waals surface area contributed by atoms with E-state index < -0.39 is 10.4 Å². The lowest BCUT2D eigenvalue weighted by Gasteiger charge is -2.11. The van der Waals surface area contributed by atoms with Crippen LogP contribution in [0.25, 0.3) is 0 Å². The van der Waals surface area contributed by atoms with Gasteiger partial charge < -0.3 is 4.74 Å². The molecule has 0 aromatic carbocycles. The third-order valence-electron chi connectivity index (χ3n) is 3.43. The average Bonchev–Trinajstić information content (AvgIpc) is 2.44. The molecule has 0 spiro atoms. The third kappa shape index (κ3) is 15.0. The molecule has 21 heavy (non-hydrogen) atoms. The maximum Gasteiger partial charge on any atom is 0.307 e. The van der Waals surface area contributed by atoms with Crippen LogP contribution in [0.4, 0.5) is 0 Å². The van der Waals surface area contributed by atoms with Crippen LogP contribution in [0.2, 0.25) is 0 Å². The van der Waals surface area contributed by atoms with E-state index in [1.807, 2.05) is 0 Å². The van der Waals surface area contributed by atoms with Gasteiger partial charge in [-0.3, -0.25) is 4.79 Å². The van der Waals surface area contributed by atoms with Crippen molar-refractivity contribution in [1.29, 1.82) is 0 Å². The van der Waals surface area contributed by atoms with Crippen LogP contribution < -0.4 is 0 Å². The van der Waals surface area contributed by atoms with Crippen molar-refractivity contribution < 1.29 is 9.53 Å². The summed E-state index contributed by atoms with van der Waals surface area (Å²) >= 11 is 16.6. The highest BCUT2D eigenvalue weighted by Gasteiger charge is 2.17. The Balaban J connectivity index is 3.23. The lowest BCUT2D eigenvalue weighted by atomic mass is 10.1. The number of esters is 1. The fraction of sp³-hybridized carbons (Fsp3) is 0.938. The first-order chi connectivity index (χ1) is 10.1. The predicted molar refractivity (Wildman–Crippen MR) is 92.3 cm³/mol. The van der Waals surface area contributed by atoms with E-state index in [1.54, 1.807) is 0 Å². The van der Waals surface area contributed by atoms with E-state index in [9.17, 15) is 4.79 Å². The molecule has 2 nitrogen and oxygen atoms in total. The van der Waals surface area contributed by atoms with Gasteiger partial charge in [-0.2, -0.15) is 0 Å². The van der Waals surface area contributed by atoms with E-state index in [0.717, 1.165) is 12.8 Å². The molecule has 0 aliphatic heterocycles. The normalized spacial score (nSPS) is 12.6. The second-order valence-electron chi connectivity index (χ2n) is 5.46. The van der Waals surface area contributed by atoms with Crippen molar-refractivity contribution in [3.63, 3.8) is 0 Å². The van der Waals surface area contributed by atoms with Gasteiger partial charge in [-0.25, -0.2) is 0 Å². The Hall–Kier alpha value is 0.340. The van der Waals surface area contributed by atoms with E-state index in [-0.39, 0.29) is 5.97 Å². The number of carbonyl (C=O) groups excluding carboxylic acids is 1. The molecule has 0 rings (SSSR count). The molecular weight excluding hydrogens is 331 g/mol. The summed E-state index contributed by atoms with van der Waals surface area (Å²) in [6, 6.07) is 0. The van der Waals surface area contributed by atoms with Crippen LogP contribution in [0.5, 0.6) is 0 Å². The lowest BCUT2D eigenvalue weighted by molar-refractivity contribution is -0.145. The monoisotopic (exact) mass is 358 g/mol. The maximum atomic E-state index is 11.4. The minimum Gasteiger partial charge on any atom is -0.443 e. The number of hydrogen-bond acceptors (Lipinski definition) is 2. The van der Waals surface area contributed by atoms with E-state index in [1.165, 1.54) is 57.8 Å². The fourth-order valence-electron chi connectivity index (χ4n) is 2.17. The van der Waals surface area contributed by atoms with E-state index >= 15 is 0 Å². The first kappa shape index (κ1) is 21.3. The molecule has 0 saturated carbocycles. The molecule has 0 N–H and O–H groups in total. The summed E-state index contributed by atoms with van der Waals surface area (Å²) in [5.74, 6) is -0.322. The molecule has 0 aromatic rings. The molecule has 0 fully saturated rings. The van der Waals surface area contributed by atoms with Crippen molar-refractivity contribution in [1.82, 2.24) is 0 Å². The van der Waals surface area contributed by atoms with Gasteiger partial charge in [0.25, 0.3) is 0 Å². The van der Waals surface area contributed by atoms with Crippen molar-refractivity contribution in [2.24, 2.45) is 0 Å². The highest BCUT2D eigenvalue weighted by Crippen LogP contribution is 2.17. The van der Waals surface area contributed by atoms with Gasteiger partial charge in [-0.15, -0.1) is 0 Å². The second-order valence-corrected chi connectivity index (χ2v) is 7.05. The van der Waals surface area contributed by atoms with Gasteiger partial charge in [0.15, 0.2) is 4.84 Å². The van der Waals surface area contributed by atoms with Crippen LogP contribution in [0.3, 0.4) is 0 Å². The molecule has 0 radical (unpaired) electrons. The Morgan fingerprint density at radius 1 is 0.810 bits per heavy atom. The average molecular weight is 360 g/mol. The SMILES string of the molecule is CCCCCCCCCCCCCC(=O)OC(Cl)C(Cl)Cl. The molecule has 0 aliphatic rings. The van der Waals surface area contributed by atoms with Gasteiger partial charge in [0, 0.05) is 6.42 Å². The zero-order chi connectivity index (χ0) is 15.9. The zero-order valence-electron chi connectivity index (χ0n) is 13.1. The van der Waals surface area contributed by atoms with Crippen LogP contribution in [0, 0.1) is 0 Å². The number of alkyl halides is 3. The van der Waals surface area contributed by atoms with Crippen LogP contribution in [-0.2, 0) is 9.53 Å². The number of halogens is 3. The van der Waals surface area contributed by atoms with E-state index in [0.29, 0.717) is 6.42 Å². The maximum absolute atomic E-state index is 11.4. The third-order valence-corrected chi connectivity index (χ3v) is 4.48. The zero-order valence-corrected chi connectivity index (χ0v) is 15.4. The predicted octanol–water partition coefficient (Wildman–Crippen LogP) is 6.60. The van der Waals surface area contributed by atoms with Gasteiger partial charge in [0.05, 0.1) is 0 Å². The minimum absolute atomic E-state index is 0.322. The Kier molecular flexibility index (Phi) is 15.5. The first-order valence-electron chi connectivity index (χ1n) is 8.19. The summed E-state index contributed by atoms with van der Waals surface area (Å²) in [6.45, 7) is 2.24. The molecule has 0 aromatic heterocycles. The van der Waals surface area contributed by atoms with Gasteiger partial charge >= 0.3 is 5.97 Å². The number of hydrogen-bond donors (Lipinski definition) is 0. The molecule has 0 amide bonds. The highest BCUT2D eigenvalue weighted by atomic mass is 35.5. The summed E-state index contributed by atoms with van der Waals surface area (Å²) in [7, 11) is 0. The van der Waals surface area contributed by atoms with Crippen molar-refractivity contribution >= 4 is 40.8 Å². The molecule has 0 saturated heterocycles. The molecule has 126 valence electrons. The van der Waals surface area contributed by atoms with Gasteiger partial charge in [-0.1, -0.05) is 106 Å². The van der Waals surface area contributed by atoms with Gasteiger partial charge in [0.1, 0.15) is 0 Å². The smallest absolute Gasteiger partial charge is 0.307 e. The summed E-state index contributed by atoms with van der Waals surface area (Å²) in [6.07, 6.45) is 14.2. The molecule has 1 unspecified atom stereocenters. The molecule has 1 atom stereocenters. The summed E-state index contributed by atoms with van der Waals surface area (Å²) in [5, 5.41) is 0. The molecule has 0 aliphatic carbocycles. The Bertz CT molecular complexity index is 248. The number of carbonyl (C=O) groups is 1. The Labute approximate surface area is 144 Å². The molecule has 0 bridgehead atoms. The lowest BCUT2D eigenvalue weighted by Crippen LogP contribution is -2.18. The topological polar surface area (TPSA) is 26.3 Å². The summed E-state index contributed by atoms with van der Waals surface area (Å²) in [4.78, 5) is 10.5. The van der Waals surface area contributed by atoms with Gasteiger partial charge in [0.2, 0.25) is 5.56 Å².